The number of hydrogen-bond donors (Lipinski definition) is 1. The summed E-state index contributed by atoms with van der Waals surface area (Å²) in [5.41, 5.74) is 0.725. The molecule has 0 bridgehead atoms. The lowest BCUT2D eigenvalue weighted by molar-refractivity contribution is -0.162. The molecule has 0 aromatic heterocycles. The monoisotopic (exact) mass is 292 g/mol. The lowest BCUT2D eigenvalue weighted by Gasteiger charge is -2.26. The number of fused-ring (bicyclic) bond motifs is 1. The van der Waals surface area contributed by atoms with Gasteiger partial charge in [-0.3, -0.25) is 9.59 Å². The number of hydrogen-bond acceptors (Lipinski definition) is 6. The van der Waals surface area contributed by atoms with Gasteiger partial charge in [0.2, 0.25) is 0 Å². The van der Waals surface area contributed by atoms with Crippen molar-refractivity contribution in [3.63, 3.8) is 0 Å². The molecule has 5 atom stereocenters. The van der Waals surface area contributed by atoms with E-state index in [2.05, 4.69) is 0 Å². The van der Waals surface area contributed by atoms with E-state index in [1.807, 2.05) is 18.2 Å². The molecule has 0 spiro atoms. The fourth-order valence-electron chi connectivity index (χ4n) is 2.84. The predicted octanol–water partition coefficient (Wildman–Crippen LogP) is 0.735. The van der Waals surface area contributed by atoms with Gasteiger partial charge in [0, 0.05) is 6.92 Å². The molecular formula is C15H16O6. The second-order valence-electron chi connectivity index (χ2n) is 5.23. The van der Waals surface area contributed by atoms with Gasteiger partial charge in [0.05, 0.1) is 6.42 Å². The zero-order chi connectivity index (χ0) is 15.0. The molecule has 112 valence electrons. The maximum absolute atomic E-state index is 11.3. The van der Waals surface area contributed by atoms with Crippen LogP contribution >= 0.6 is 0 Å². The molecular weight excluding hydrogens is 276 g/mol. The third-order valence-electron chi connectivity index (χ3n) is 3.73. The lowest BCUT2D eigenvalue weighted by Crippen LogP contribution is -2.37. The smallest absolute Gasteiger partial charge is 0.309 e. The third-order valence-corrected chi connectivity index (χ3v) is 3.73. The Morgan fingerprint density at radius 2 is 2.10 bits per heavy atom. The average molecular weight is 292 g/mol. The number of aliphatic hydroxyl groups excluding tert-OH is 1. The summed E-state index contributed by atoms with van der Waals surface area (Å²) in [5.74, 6) is -0.847. The molecule has 2 aliphatic heterocycles. The van der Waals surface area contributed by atoms with Gasteiger partial charge in [-0.05, 0) is 5.56 Å². The van der Waals surface area contributed by atoms with E-state index in [0.717, 1.165) is 5.56 Å². The van der Waals surface area contributed by atoms with Crippen molar-refractivity contribution in [1.29, 1.82) is 0 Å². The minimum atomic E-state index is -1.02. The predicted molar refractivity (Wildman–Crippen MR) is 70.1 cm³/mol. The zero-order valence-electron chi connectivity index (χ0n) is 11.5. The van der Waals surface area contributed by atoms with Gasteiger partial charge in [-0.15, -0.1) is 0 Å². The molecule has 2 saturated heterocycles. The highest BCUT2D eigenvalue weighted by Crippen LogP contribution is 2.38. The molecule has 6 nitrogen and oxygen atoms in total. The van der Waals surface area contributed by atoms with Gasteiger partial charge in [0.15, 0.2) is 12.2 Å². The quantitative estimate of drug-likeness (QED) is 0.827. The molecule has 0 amide bonds. The number of rotatable bonds is 3. The van der Waals surface area contributed by atoms with Crippen molar-refractivity contribution in [2.45, 2.75) is 43.9 Å². The average Bonchev–Trinajstić information content (AvgIpc) is 2.95. The van der Waals surface area contributed by atoms with Gasteiger partial charge in [-0.1, -0.05) is 30.3 Å². The summed E-state index contributed by atoms with van der Waals surface area (Å²) >= 11 is 0. The summed E-state index contributed by atoms with van der Waals surface area (Å²) in [4.78, 5) is 22.6. The minimum Gasteiger partial charge on any atom is -0.457 e. The van der Waals surface area contributed by atoms with Gasteiger partial charge in [-0.2, -0.15) is 0 Å². The molecule has 1 aromatic carbocycles. The van der Waals surface area contributed by atoms with Crippen LogP contribution in [0.15, 0.2) is 30.3 Å². The lowest BCUT2D eigenvalue weighted by atomic mass is 9.98. The summed E-state index contributed by atoms with van der Waals surface area (Å²) in [7, 11) is 0. The van der Waals surface area contributed by atoms with Crippen molar-refractivity contribution in [2.24, 2.45) is 0 Å². The second kappa shape index (κ2) is 5.46. The van der Waals surface area contributed by atoms with Crippen LogP contribution in [0.3, 0.4) is 0 Å². The first-order valence-electron chi connectivity index (χ1n) is 6.81. The van der Waals surface area contributed by atoms with E-state index in [0.29, 0.717) is 0 Å². The van der Waals surface area contributed by atoms with E-state index in [9.17, 15) is 14.7 Å². The summed E-state index contributed by atoms with van der Waals surface area (Å²) in [5, 5.41) is 10.3. The number of esters is 2. The van der Waals surface area contributed by atoms with E-state index in [-0.39, 0.29) is 12.4 Å². The van der Waals surface area contributed by atoms with Gasteiger partial charge >= 0.3 is 11.9 Å². The number of ether oxygens (including phenoxy) is 3. The van der Waals surface area contributed by atoms with Crippen molar-refractivity contribution >= 4 is 11.9 Å². The SMILES string of the molecule is CC(=O)OC(c1ccccc1)[C@@H]1O[C@H]2CC(=O)O[C@H]2[C@@H]1O. The topological polar surface area (TPSA) is 82.1 Å². The van der Waals surface area contributed by atoms with Crippen LogP contribution < -0.4 is 0 Å². The van der Waals surface area contributed by atoms with E-state index in [4.69, 9.17) is 14.2 Å². The van der Waals surface area contributed by atoms with Crippen LogP contribution in [0.1, 0.15) is 25.0 Å². The highest BCUT2D eigenvalue weighted by molar-refractivity contribution is 5.73. The molecule has 1 aromatic rings. The molecule has 0 saturated carbocycles. The van der Waals surface area contributed by atoms with Crippen molar-refractivity contribution in [2.75, 3.05) is 0 Å². The van der Waals surface area contributed by atoms with E-state index in [1.165, 1.54) is 6.92 Å². The molecule has 2 heterocycles. The largest absolute Gasteiger partial charge is 0.457 e. The van der Waals surface area contributed by atoms with Crippen molar-refractivity contribution in [3.05, 3.63) is 35.9 Å². The Kier molecular flexibility index (Phi) is 3.65. The van der Waals surface area contributed by atoms with Crippen LogP contribution in [0.4, 0.5) is 0 Å². The van der Waals surface area contributed by atoms with Crippen LogP contribution in [-0.4, -0.2) is 41.5 Å². The molecule has 3 rings (SSSR count). The maximum Gasteiger partial charge on any atom is 0.309 e. The Morgan fingerprint density at radius 3 is 2.71 bits per heavy atom. The van der Waals surface area contributed by atoms with E-state index < -0.39 is 36.5 Å². The fraction of sp³-hybridized carbons (Fsp3) is 0.467. The van der Waals surface area contributed by atoms with Gasteiger partial charge in [0.1, 0.15) is 18.3 Å². The Bertz CT molecular complexity index is 542. The Morgan fingerprint density at radius 1 is 1.38 bits per heavy atom. The molecule has 6 heteroatoms. The summed E-state index contributed by atoms with van der Waals surface area (Å²) in [6, 6.07) is 9.06. The maximum atomic E-state index is 11.3. The fourth-order valence-corrected chi connectivity index (χ4v) is 2.84. The molecule has 0 radical (unpaired) electrons. The second-order valence-corrected chi connectivity index (χ2v) is 5.23. The summed E-state index contributed by atoms with van der Waals surface area (Å²) in [6.07, 6.45) is -3.57. The minimum absolute atomic E-state index is 0.111. The number of aliphatic hydroxyl groups is 1. The Hall–Kier alpha value is -1.92. The first kappa shape index (κ1) is 14.0. The standard InChI is InChI=1S/C15H16O6/c1-8(16)19-13(9-5-3-2-4-6-9)15-12(18)14-10(20-15)7-11(17)21-14/h2-6,10,12-15,18H,7H2,1H3/t10-,12-,13?,14+,15+/m0/s1. The van der Waals surface area contributed by atoms with Crippen molar-refractivity contribution in [1.82, 2.24) is 0 Å². The zero-order valence-corrected chi connectivity index (χ0v) is 11.5. The van der Waals surface area contributed by atoms with E-state index >= 15 is 0 Å². The van der Waals surface area contributed by atoms with Crippen LogP contribution in [0.25, 0.3) is 0 Å². The highest BCUT2D eigenvalue weighted by Gasteiger charge is 2.54. The number of benzene rings is 1. The molecule has 2 fully saturated rings. The van der Waals surface area contributed by atoms with Crippen LogP contribution in [0.2, 0.25) is 0 Å². The van der Waals surface area contributed by atoms with Gasteiger partial charge in [-0.25, -0.2) is 0 Å². The van der Waals surface area contributed by atoms with Gasteiger partial charge < -0.3 is 19.3 Å². The number of carbonyl (C=O) groups excluding carboxylic acids is 2. The van der Waals surface area contributed by atoms with Crippen molar-refractivity contribution in [3.8, 4) is 0 Å². The molecule has 2 aliphatic rings. The highest BCUT2D eigenvalue weighted by atomic mass is 16.6. The Labute approximate surface area is 121 Å². The number of carbonyl (C=O) groups is 2. The normalized spacial score (nSPS) is 32.4. The molecule has 0 aliphatic carbocycles. The Balaban J connectivity index is 1.84. The van der Waals surface area contributed by atoms with Gasteiger partial charge in [0.25, 0.3) is 0 Å². The molecule has 21 heavy (non-hydrogen) atoms. The van der Waals surface area contributed by atoms with Crippen molar-refractivity contribution < 1.29 is 28.9 Å². The van der Waals surface area contributed by atoms with Crippen LogP contribution in [0.5, 0.6) is 0 Å². The van der Waals surface area contributed by atoms with Crippen LogP contribution in [0, 0.1) is 0 Å². The summed E-state index contributed by atoms with van der Waals surface area (Å²) in [6.45, 7) is 1.30. The third kappa shape index (κ3) is 2.64. The van der Waals surface area contributed by atoms with E-state index in [1.54, 1.807) is 12.1 Å². The van der Waals surface area contributed by atoms with Crippen LogP contribution in [-0.2, 0) is 23.8 Å². The first-order chi connectivity index (χ1) is 10.1. The molecule has 1 unspecified atom stereocenters. The summed E-state index contributed by atoms with van der Waals surface area (Å²) < 4.78 is 16.1. The molecule has 1 N–H and O–H groups in total. The first-order valence-corrected chi connectivity index (χ1v) is 6.81.